The van der Waals surface area contributed by atoms with Crippen molar-refractivity contribution in [2.75, 3.05) is 10.6 Å². The second-order valence-electron chi connectivity index (χ2n) is 4.20. The van der Waals surface area contributed by atoms with E-state index in [0.717, 1.165) is 5.56 Å². The largest absolute Gasteiger partial charge is 0.318 e. The fourth-order valence-electron chi connectivity index (χ4n) is 1.63. The number of aryl methyl sites for hydroxylation is 1. The fraction of sp³-hybridized carbons (Fsp3) is 0.0667. The third-order valence-electron chi connectivity index (χ3n) is 2.72. The maximum absolute atomic E-state index is 11.8. The van der Waals surface area contributed by atoms with Crippen molar-refractivity contribution < 1.29 is 9.59 Å². The molecular weight excluding hydrogens is 276 g/mol. The number of rotatable bonds is 2. The molecule has 2 N–H and O–H groups in total. The summed E-state index contributed by atoms with van der Waals surface area (Å²) in [5.41, 5.74) is 1.89. The molecule has 0 saturated heterocycles. The molecule has 0 spiro atoms. The Hall–Kier alpha value is -2.33. The number of amides is 2. The second-order valence-corrected chi connectivity index (χ2v) is 4.61. The minimum Gasteiger partial charge on any atom is -0.318 e. The van der Waals surface area contributed by atoms with Gasteiger partial charge < -0.3 is 10.6 Å². The monoisotopic (exact) mass is 288 g/mol. The van der Waals surface area contributed by atoms with Crippen LogP contribution in [0.5, 0.6) is 0 Å². The molecule has 102 valence electrons. The van der Waals surface area contributed by atoms with Crippen LogP contribution in [0.1, 0.15) is 5.56 Å². The Bertz CT molecular complexity index is 598. The van der Waals surface area contributed by atoms with Crippen molar-refractivity contribution in [2.24, 2.45) is 0 Å². The molecule has 0 radical (unpaired) electrons. The molecule has 0 aromatic heterocycles. The summed E-state index contributed by atoms with van der Waals surface area (Å²) in [6.45, 7) is 1.85. The zero-order valence-electron chi connectivity index (χ0n) is 10.8. The zero-order chi connectivity index (χ0) is 14.5. The third kappa shape index (κ3) is 3.36. The quantitative estimate of drug-likeness (QED) is 0.834. The summed E-state index contributed by atoms with van der Waals surface area (Å²) >= 11 is 5.91. The maximum atomic E-state index is 11.8. The molecule has 2 rings (SSSR count). The summed E-state index contributed by atoms with van der Waals surface area (Å²) in [7, 11) is 0. The van der Waals surface area contributed by atoms with Crippen LogP contribution in [0.25, 0.3) is 0 Å². The summed E-state index contributed by atoms with van der Waals surface area (Å²) in [6, 6.07) is 13.9. The van der Waals surface area contributed by atoms with Gasteiger partial charge in [0.2, 0.25) is 0 Å². The molecular formula is C15H13ClN2O2. The van der Waals surface area contributed by atoms with Gasteiger partial charge in [-0.3, -0.25) is 9.59 Å². The number of hydrogen-bond donors (Lipinski definition) is 2. The van der Waals surface area contributed by atoms with Crippen molar-refractivity contribution in [3.63, 3.8) is 0 Å². The van der Waals surface area contributed by atoms with Gasteiger partial charge in [-0.15, -0.1) is 0 Å². The van der Waals surface area contributed by atoms with Crippen LogP contribution in [-0.4, -0.2) is 11.8 Å². The van der Waals surface area contributed by atoms with Crippen molar-refractivity contribution >= 4 is 34.8 Å². The second kappa shape index (κ2) is 6.21. The normalized spacial score (nSPS) is 9.90. The van der Waals surface area contributed by atoms with Crippen LogP contribution >= 0.6 is 11.6 Å². The molecule has 0 aliphatic heterocycles. The van der Waals surface area contributed by atoms with E-state index in [2.05, 4.69) is 10.6 Å². The molecule has 2 aromatic carbocycles. The van der Waals surface area contributed by atoms with Gasteiger partial charge in [0.25, 0.3) is 0 Å². The molecule has 2 amide bonds. The van der Waals surface area contributed by atoms with Crippen molar-refractivity contribution in [1.82, 2.24) is 0 Å². The first-order valence-electron chi connectivity index (χ1n) is 6.00. The highest BCUT2D eigenvalue weighted by molar-refractivity contribution is 6.44. The Labute approximate surface area is 121 Å². The molecule has 0 heterocycles. The lowest BCUT2D eigenvalue weighted by molar-refractivity contribution is -0.133. The van der Waals surface area contributed by atoms with Gasteiger partial charge >= 0.3 is 11.8 Å². The van der Waals surface area contributed by atoms with Crippen LogP contribution in [-0.2, 0) is 9.59 Å². The average Bonchev–Trinajstić information content (AvgIpc) is 2.43. The molecule has 0 aliphatic rings. The van der Waals surface area contributed by atoms with Crippen molar-refractivity contribution in [1.29, 1.82) is 0 Å². The van der Waals surface area contributed by atoms with Gasteiger partial charge in [-0.05, 0) is 30.7 Å². The predicted molar refractivity (Wildman–Crippen MR) is 79.9 cm³/mol. The first-order chi connectivity index (χ1) is 9.58. The molecule has 4 nitrogen and oxygen atoms in total. The summed E-state index contributed by atoms with van der Waals surface area (Å²) in [5, 5.41) is 5.40. The van der Waals surface area contributed by atoms with Crippen molar-refractivity contribution in [3.8, 4) is 0 Å². The lowest BCUT2D eigenvalue weighted by atomic mass is 10.2. The topological polar surface area (TPSA) is 58.2 Å². The van der Waals surface area contributed by atoms with Crippen LogP contribution in [0.2, 0.25) is 5.02 Å². The highest BCUT2D eigenvalue weighted by Gasteiger charge is 2.15. The number of halogens is 1. The first-order valence-corrected chi connectivity index (χ1v) is 6.38. The van der Waals surface area contributed by atoms with Gasteiger partial charge in [0.15, 0.2) is 0 Å². The van der Waals surface area contributed by atoms with Crippen LogP contribution in [0, 0.1) is 6.92 Å². The Morgan fingerprint density at radius 3 is 1.95 bits per heavy atom. The van der Waals surface area contributed by atoms with Crippen LogP contribution in [0.4, 0.5) is 11.4 Å². The lowest BCUT2D eigenvalue weighted by Gasteiger charge is -2.09. The Kier molecular flexibility index (Phi) is 4.38. The van der Waals surface area contributed by atoms with Crippen molar-refractivity contribution in [2.45, 2.75) is 6.92 Å². The molecule has 5 heteroatoms. The van der Waals surface area contributed by atoms with E-state index in [0.29, 0.717) is 16.4 Å². The smallest absolute Gasteiger partial charge is 0.314 e. The van der Waals surface area contributed by atoms with E-state index in [1.807, 2.05) is 19.1 Å². The number of carbonyl (C=O) groups is 2. The van der Waals surface area contributed by atoms with Crippen LogP contribution in [0.15, 0.2) is 48.5 Å². The fourth-order valence-corrected chi connectivity index (χ4v) is 1.82. The average molecular weight is 289 g/mol. The lowest BCUT2D eigenvalue weighted by Crippen LogP contribution is -2.29. The van der Waals surface area contributed by atoms with Gasteiger partial charge in [-0.2, -0.15) is 0 Å². The first kappa shape index (κ1) is 14.1. The molecule has 0 atom stereocenters. The minimum atomic E-state index is -0.763. The molecule has 0 bridgehead atoms. The summed E-state index contributed by atoms with van der Waals surface area (Å²) in [4.78, 5) is 23.6. The number of para-hydroxylation sites is 2. The Balaban J connectivity index is 2.05. The van der Waals surface area contributed by atoms with Gasteiger partial charge in [0.1, 0.15) is 0 Å². The van der Waals surface area contributed by atoms with Gasteiger partial charge in [-0.1, -0.05) is 41.9 Å². The van der Waals surface area contributed by atoms with Crippen LogP contribution in [0.3, 0.4) is 0 Å². The van der Waals surface area contributed by atoms with Gasteiger partial charge in [0, 0.05) is 5.69 Å². The number of carbonyl (C=O) groups excluding carboxylic acids is 2. The molecule has 0 aliphatic carbocycles. The zero-order valence-corrected chi connectivity index (χ0v) is 11.6. The molecule has 0 saturated carbocycles. The van der Waals surface area contributed by atoms with Crippen molar-refractivity contribution in [3.05, 3.63) is 59.1 Å². The Morgan fingerprint density at radius 2 is 1.35 bits per heavy atom. The number of anilines is 2. The van der Waals surface area contributed by atoms with Gasteiger partial charge in [-0.25, -0.2) is 0 Å². The van der Waals surface area contributed by atoms with E-state index in [4.69, 9.17) is 11.6 Å². The minimum absolute atomic E-state index is 0.379. The SMILES string of the molecule is Cc1ccccc1NC(=O)C(=O)Nc1ccccc1Cl. The van der Waals surface area contributed by atoms with E-state index >= 15 is 0 Å². The van der Waals surface area contributed by atoms with E-state index in [-0.39, 0.29) is 0 Å². The maximum Gasteiger partial charge on any atom is 0.314 e. The molecule has 2 aromatic rings. The number of nitrogens with one attached hydrogen (secondary N) is 2. The highest BCUT2D eigenvalue weighted by atomic mass is 35.5. The van der Waals surface area contributed by atoms with Crippen LogP contribution < -0.4 is 10.6 Å². The molecule has 20 heavy (non-hydrogen) atoms. The predicted octanol–water partition coefficient (Wildman–Crippen LogP) is 3.23. The summed E-state index contributed by atoms with van der Waals surface area (Å²) in [5.74, 6) is -1.50. The summed E-state index contributed by atoms with van der Waals surface area (Å²) < 4.78 is 0. The van der Waals surface area contributed by atoms with E-state index in [9.17, 15) is 9.59 Å². The molecule has 0 unspecified atom stereocenters. The number of benzene rings is 2. The van der Waals surface area contributed by atoms with E-state index < -0.39 is 11.8 Å². The third-order valence-corrected chi connectivity index (χ3v) is 3.05. The Morgan fingerprint density at radius 1 is 0.850 bits per heavy atom. The standard InChI is InChI=1S/C15H13ClN2O2/c1-10-6-2-4-8-12(10)17-14(19)15(20)18-13-9-5-3-7-11(13)16/h2-9H,1H3,(H,17,19)(H,18,20). The summed E-state index contributed by atoms with van der Waals surface area (Å²) in [6.07, 6.45) is 0. The highest BCUT2D eigenvalue weighted by Crippen LogP contribution is 2.20. The van der Waals surface area contributed by atoms with E-state index in [1.54, 1.807) is 36.4 Å². The molecule has 0 fully saturated rings. The number of hydrogen-bond acceptors (Lipinski definition) is 2. The van der Waals surface area contributed by atoms with Gasteiger partial charge in [0.05, 0.1) is 10.7 Å². The van der Waals surface area contributed by atoms with E-state index in [1.165, 1.54) is 0 Å².